The lowest BCUT2D eigenvalue weighted by atomic mass is 10.3. The summed E-state index contributed by atoms with van der Waals surface area (Å²) in [6, 6.07) is 10.4. The normalized spacial score (nSPS) is 11.8. The van der Waals surface area contributed by atoms with Crippen molar-refractivity contribution in [3.63, 3.8) is 0 Å². The Hall–Kier alpha value is -1.94. The number of imidazole rings is 1. The molecule has 0 saturated carbocycles. The summed E-state index contributed by atoms with van der Waals surface area (Å²) in [6.45, 7) is 2.06. The SMILES string of the molecule is Cc1cnc2sc3nc4ccccc4n3c2c1. The molecule has 3 heterocycles. The van der Waals surface area contributed by atoms with Crippen molar-refractivity contribution >= 4 is 37.7 Å². The molecule has 0 amide bonds. The van der Waals surface area contributed by atoms with E-state index in [9.17, 15) is 0 Å². The zero-order chi connectivity index (χ0) is 11.4. The van der Waals surface area contributed by atoms with Crippen molar-refractivity contribution in [3.05, 3.63) is 42.1 Å². The molecule has 0 atom stereocenters. The number of thiazole rings is 1. The number of hydrogen-bond donors (Lipinski definition) is 0. The summed E-state index contributed by atoms with van der Waals surface area (Å²) in [6.07, 6.45) is 1.90. The molecular formula is C13H9N3S. The van der Waals surface area contributed by atoms with Crippen LogP contribution < -0.4 is 0 Å². The van der Waals surface area contributed by atoms with Gasteiger partial charge in [-0.2, -0.15) is 0 Å². The van der Waals surface area contributed by atoms with Crippen LogP contribution >= 0.6 is 11.3 Å². The molecule has 0 bridgehead atoms. The van der Waals surface area contributed by atoms with Gasteiger partial charge in [-0.25, -0.2) is 9.97 Å². The van der Waals surface area contributed by atoms with Gasteiger partial charge in [0.15, 0.2) is 4.96 Å². The smallest absolute Gasteiger partial charge is 0.197 e. The molecule has 4 rings (SSSR count). The molecule has 0 radical (unpaired) electrons. The summed E-state index contributed by atoms with van der Waals surface area (Å²) in [5.41, 5.74) is 4.52. The third-order valence-electron chi connectivity index (χ3n) is 2.93. The van der Waals surface area contributed by atoms with Gasteiger partial charge in [0.1, 0.15) is 4.83 Å². The zero-order valence-electron chi connectivity index (χ0n) is 9.21. The number of aryl methyl sites for hydroxylation is 1. The van der Waals surface area contributed by atoms with Crippen LogP contribution in [0.15, 0.2) is 36.5 Å². The summed E-state index contributed by atoms with van der Waals surface area (Å²) >= 11 is 1.64. The quantitative estimate of drug-likeness (QED) is 0.470. The Kier molecular flexibility index (Phi) is 1.64. The molecule has 17 heavy (non-hydrogen) atoms. The second kappa shape index (κ2) is 3.05. The van der Waals surface area contributed by atoms with Crippen molar-refractivity contribution in [2.75, 3.05) is 0 Å². The molecule has 82 valence electrons. The van der Waals surface area contributed by atoms with Gasteiger partial charge in [0.25, 0.3) is 0 Å². The van der Waals surface area contributed by atoms with Crippen molar-refractivity contribution in [1.82, 2.24) is 14.4 Å². The molecule has 3 nitrogen and oxygen atoms in total. The molecule has 4 heteroatoms. The van der Waals surface area contributed by atoms with Gasteiger partial charge >= 0.3 is 0 Å². The van der Waals surface area contributed by atoms with E-state index >= 15 is 0 Å². The fraction of sp³-hybridized carbons (Fsp3) is 0.0769. The molecule has 3 aromatic heterocycles. The number of pyridine rings is 1. The fourth-order valence-corrected chi connectivity index (χ4v) is 3.14. The van der Waals surface area contributed by atoms with E-state index in [1.165, 1.54) is 5.56 Å². The predicted octanol–water partition coefficient (Wildman–Crippen LogP) is 3.41. The van der Waals surface area contributed by atoms with Crippen LogP contribution in [0, 0.1) is 6.92 Å². The maximum absolute atomic E-state index is 4.62. The second-order valence-corrected chi connectivity index (χ2v) is 5.11. The van der Waals surface area contributed by atoms with Crippen LogP contribution in [0.1, 0.15) is 5.56 Å². The van der Waals surface area contributed by atoms with Gasteiger partial charge in [-0.1, -0.05) is 23.5 Å². The van der Waals surface area contributed by atoms with E-state index in [2.05, 4.69) is 33.4 Å². The average Bonchev–Trinajstić information content (AvgIpc) is 2.84. The summed E-state index contributed by atoms with van der Waals surface area (Å²) in [5, 5.41) is 0. The molecular weight excluding hydrogens is 230 g/mol. The molecule has 0 spiro atoms. The largest absolute Gasteiger partial charge is 0.281 e. The summed E-state index contributed by atoms with van der Waals surface area (Å²) < 4.78 is 2.19. The first-order chi connectivity index (χ1) is 8.33. The van der Waals surface area contributed by atoms with Gasteiger partial charge in [0, 0.05) is 6.20 Å². The van der Waals surface area contributed by atoms with Crippen LogP contribution in [-0.2, 0) is 0 Å². The highest BCUT2D eigenvalue weighted by Gasteiger charge is 2.11. The number of hydrogen-bond acceptors (Lipinski definition) is 3. The van der Waals surface area contributed by atoms with Gasteiger partial charge in [-0.3, -0.25) is 4.40 Å². The molecule has 1 aromatic carbocycles. The van der Waals surface area contributed by atoms with Crippen LogP contribution in [0.2, 0.25) is 0 Å². The average molecular weight is 239 g/mol. The van der Waals surface area contributed by atoms with E-state index in [0.717, 1.165) is 26.3 Å². The minimum Gasteiger partial charge on any atom is -0.281 e. The summed E-state index contributed by atoms with van der Waals surface area (Å²) in [7, 11) is 0. The van der Waals surface area contributed by atoms with E-state index in [1.54, 1.807) is 11.3 Å². The van der Waals surface area contributed by atoms with Crippen LogP contribution in [0.5, 0.6) is 0 Å². The lowest BCUT2D eigenvalue weighted by Crippen LogP contribution is -1.83. The highest BCUT2D eigenvalue weighted by atomic mass is 32.1. The van der Waals surface area contributed by atoms with Crippen LogP contribution in [0.4, 0.5) is 0 Å². The van der Waals surface area contributed by atoms with Gasteiger partial charge in [0.05, 0.1) is 16.6 Å². The first-order valence-corrected chi connectivity index (χ1v) is 6.27. The van der Waals surface area contributed by atoms with Crippen LogP contribution in [0.25, 0.3) is 26.3 Å². The van der Waals surface area contributed by atoms with E-state index < -0.39 is 0 Å². The molecule has 0 aliphatic rings. The topological polar surface area (TPSA) is 30.2 Å². The van der Waals surface area contributed by atoms with Gasteiger partial charge < -0.3 is 0 Å². The number of fused-ring (bicyclic) bond motifs is 5. The molecule has 0 unspecified atom stereocenters. The van der Waals surface area contributed by atoms with Gasteiger partial charge in [-0.15, -0.1) is 0 Å². The first-order valence-electron chi connectivity index (χ1n) is 5.45. The third-order valence-corrected chi connectivity index (χ3v) is 3.89. The van der Waals surface area contributed by atoms with E-state index in [4.69, 9.17) is 0 Å². The minimum absolute atomic E-state index is 1.01. The molecule has 0 N–H and O–H groups in total. The summed E-state index contributed by atoms with van der Waals surface area (Å²) in [4.78, 5) is 11.1. The number of aromatic nitrogens is 3. The first kappa shape index (κ1) is 9.13. The van der Waals surface area contributed by atoms with E-state index in [-0.39, 0.29) is 0 Å². The Morgan fingerprint density at radius 3 is 3.00 bits per heavy atom. The van der Waals surface area contributed by atoms with Gasteiger partial charge in [-0.05, 0) is 30.7 Å². The standard InChI is InChI=1S/C13H9N3S/c1-8-6-11-12(14-7-8)17-13-15-9-4-2-3-5-10(9)16(11)13/h2-7H,1H3. The van der Waals surface area contributed by atoms with E-state index in [1.807, 2.05) is 24.4 Å². The van der Waals surface area contributed by atoms with Crippen LogP contribution in [-0.4, -0.2) is 14.4 Å². The molecule has 0 fully saturated rings. The zero-order valence-corrected chi connectivity index (χ0v) is 10.0. The van der Waals surface area contributed by atoms with Gasteiger partial charge in [0.2, 0.25) is 0 Å². The predicted molar refractivity (Wildman–Crippen MR) is 70.6 cm³/mol. The molecule has 0 aliphatic heterocycles. The molecule has 4 aromatic rings. The van der Waals surface area contributed by atoms with Crippen LogP contribution in [0.3, 0.4) is 0 Å². The Morgan fingerprint density at radius 1 is 1.18 bits per heavy atom. The van der Waals surface area contributed by atoms with Crippen molar-refractivity contribution < 1.29 is 0 Å². The fourth-order valence-electron chi connectivity index (χ4n) is 2.17. The van der Waals surface area contributed by atoms with E-state index in [0.29, 0.717) is 0 Å². The molecule has 0 aliphatic carbocycles. The maximum atomic E-state index is 4.62. The minimum atomic E-state index is 1.01. The monoisotopic (exact) mass is 239 g/mol. The number of rotatable bonds is 0. The summed E-state index contributed by atoms with van der Waals surface area (Å²) in [5.74, 6) is 0. The number of benzene rings is 1. The van der Waals surface area contributed by atoms with Crippen molar-refractivity contribution in [3.8, 4) is 0 Å². The highest BCUT2D eigenvalue weighted by molar-refractivity contribution is 7.23. The third kappa shape index (κ3) is 1.16. The van der Waals surface area contributed by atoms with Crippen molar-refractivity contribution in [2.45, 2.75) is 6.92 Å². The Morgan fingerprint density at radius 2 is 2.06 bits per heavy atom. The Labute approximate surface area is 101 Å². The Bertz CT molecular complexity index is 857. The number of para-hydroxylation sites is 2. The molecule has 0 saturated heterocycles. The Balaban J connectivity index is 2.33. The highest BCUT2D eigenvalue weighted by Crippen LogP contribution is 2.29. The lowest BCUT2D eigenvalue weighted by molar-refractivity contribution is 1.29. The van der Waals surface area contributed by atoms with Crippen molar-refractivity contribution in [1.29, 1.82) is 0 Å². The maximum Gasteiger partial charge on any atom is 0.197 e. The second-order valence-electron chi connectivity index (χ2n) is 4.16. The lowest BCUT2D eigenvalue weighted by Gasteiger charge is -1.95. The number of nitrogens with zero attached hydrogens (tertiary/aromatic N) is 3. The van der Waals surface area contributed by atoms with Crippen molar-refractivity contribution in [2.24, 2.45) is 0 Å².